The number of hydrogen-bond donors (Lipinski definition) is 2. The van der Waals surface area contributed by atoms with Gasteiger partial charge in [0.05, 0.1) is 11.6 Å². The molecule has 0 radical (unpaired) electrons. The fourth-order valence-corrected chi connectivity index (χ4v) is 2.97. The summed E-state index contributed by atoms with van der Waals surface area (Å²) in [5.41, 5.74) is 5.40. The summed E-state index contributed by atoms with van der Waals surface area (Å²) in [6.45, 7) is 0.977. The molecule has 1 aliphatic carbocycles. The molecule has 0 heterocycles. The summed E-state index contributed by atoms with van der Waals surface area (Å²) in [7, 11) is -1.91. The standard InChI is InChI=1S/C9H19N3O3S2/c1-15-7-5-11-17(13,14)12(8-2-3-8)6-4-9(10)16/h8,11H,2-7H2,1H3,(H2,10,16). The fourth-order valence-electron chi connectivity index (χ4n) is 1.44. The van der Waals surface area contributed by atoms with Gasteiger partial charge in [0.2, 0.25) is 0 Å². The van der Waals surface area contributed by atoms with E-state index >= 15 is 0 Å². The maximum atomic E-state index is 12.0. The first kappa shape index (κ1) is 14.8. The van der Waals surface area contributed by atoms with E-state index in [-0.39, 0.29) is 12.6 Å². The van der Waals surface area contributed by atoms with Crippen LogP contribution in [0.1, 0.15) is 19.3 Å². The number of nitrogens with one attached hydrogen (secondary N) is 1. The predicted octanol–water partition coefficient (Wildman–Crippen LogP) is -0.392. The molecule has 0 aromatic carbocycles. The molecule has 1 aliphatic rings. The third-order valence-corrected chi connectivity index (χ3v) is 4.30. The summed E-state index contributed by atoms with van der Waals surface area (Å²) in [6.07, 6.45) is 2.22. The summed E-state index contributed by atoms with van der Waals surface area (Å²) in [5, 5.41) is 0. The third kappa shape index (κ3) is 5.26. The Labute approximate surface area is 108 Å². The highest BCUT2D eigenvalue weighted by molar-refractivity contribution is 7.87. The van der Waals surface area contributed by atoms with Crippen LogP contribution in [0, 0.1) is 0 Å². The second-order valence-corrected chi connectivity index (χ2v) is 6.18. The first-order chi connectivity index (χ1) is 7.97. The number of nitrogens with two attached hydrogens (primary N) is 1. The van der Waals surface area contributed by atoms with E-state index in [9.17, 15) is 8.42 Å². The quantitative estimate of drug-likeness (QED) is 0.444. The van der Waals surface area contributed by atoms with Crippen LogP contribution in [-0.4, -0.2) is 50.6 Å². The van der Waals surface area contributed by atoms with Gasteiger partial charge in [-0.05, 0) is 12.8 Å². The lowest BCUT2D eigenvalue weighted by Crippen LogP contribution is -2.44. The van der Waals surface area contributed by atoms with Crippen LogP contribution in [0.4, 0.5) is 0 Å². The van der Waals surface area contributed by atoms with Gasteiger partial charge in [0.1, 0.15) is 0 Å². The molecule has 0 spiro atoms. The van der Waals surface area contributed by atoms with Crippen LogP contribution in [-0.2, 0) is 14.9 Å². The zero-order valence-electron chi connectivity index (χ0n) is 9.89. The van der Waals surface area contributed by atoms with Gasteiger partial charge in [-0.2, -0.15) is 17.4 Å². The molecule has 0 saturated heterocycles. The highest BCUT2D eigenvalue weighted by Crippen LogP contribution is 2.28. The summed E-state index contributed by atoms with van der Waals surface area (Å²) < 4.78 is 32.7. The third-order valence-electron chi connectivity index (χ3n) is 2.43. The molecule has 1 rings (SSSR count). The van der Waals surface area contributed by atoms with E-state index in [1.54, 1.807) is 0 Å². The van der Waals surface area contributed by atoms with Crippen molar-refractivity contribution >= 4 is 27.4 Å². The van der Waals surface area contributed by atoms with Crippen LogP contribution in [0.2, 0.25) is 0 Å². The molecule has 0 atom stereocenters. The van der Waals surface area contributed by atoms with E-state index in [1.807, 2.05) is 0 Å². The largest absolute Gasteiger partial charge is 0.393 e. The van der Waals surface area contributed by atoms with E-state index in [1.165, 1.54) is 11.4 Å². The Bertz CT molecular complexity index is 354. The molecule has 0 aromatic rings. The number of nitrogens with zero attached hydrogens (tertiary/aromatic N) is 1. The lowest BCUT2D eigenvalue weighted by atomic mass is 10.4. The van der Waals surface area contributed by atoms with Crippen molar-refractivity contribution in [1.29, 1.82) is 0 Å². The normalized spacial score (nSPS) is 16.4. The van der Waals surface area contributed by atoms with Gasteiger partial charge in [-0.25, -0.2) is 0 Å². The van der Waals surface area contributed by atoms with Crippen molar-refractivity contribution in [1.82, 2.24) is 9.03 Å². The van der Waals surface area contributed by atoms with Gasteiger partial charge >= 0.3 is 0 Å². The Morgan fingerprint density at radius 2 is 2.24 bits per heavy atom. The molecule has 1 saturated carbocycles. The van der Waals surface area contributed by atoms with Crippen molar-refractivity contribution in [2.75, 3.05) is 26.8 Å². The number of methoxy groups -OCH3 is 1. The Kier molecular flexibility index (Phi) is 5.74. The van der Waals surface area contributed by atoms with Crippen molar-refractivity contribution in [3.05, 3.63) is 0 Å². The fraction of sp³-hybridized carbons (Fsp3) is 0.889. The molecule has 0 amide bonds. The molecule has 3 N–H and O–H groups in total. The molecule has 1 fully saturated rings. The van der Waals surface area contributed by atoms with Gasteiger partial charge in [-0.15, -0.1) is 0 Å². The number of hydrogen-bond acceptors (Lipinski definition) is 4. The first-order valence-electron chi connectivity index (χ1n) is 5.51. The molecule has 0 bridgehead atoms. The van der Waals surface area contributed by atoms with Crippen LogP contribution in [0.3, 0.4) is 0 Å². The summed E-state index contributed by atoms with van der Waals surface area (Å²) in [6, 6.07) is 0.101. The molecule has 100 valence electrons. The second kappa shape index (κ2) is 6.60. The lowest BCUT2D eigenvalue weighted by Gasteiger charge is -2.21. The van der Waals surface area contributed by atoms with Gasteiger partial charge < -0.3 is 10.5 Å². The van der Waals surface area contributed by atoms with Crippen molar-refractivity contribution in [2.24, 2.45) is 5.73 Å². The SMILES string of the molecule is COCCNS(=O)(=O)N(CCC(N)=S)C1CC1. The molecule has 6 nitrogen and oxygen atoms in total. The first-order valence-corrected chi connectivity index (χ1v) is 7.36. The van der Waals surface area contributed by atoms with Gasteiger partial charge in [-0.1, -0.05) is 12.2 Å². The monoisotopic (exact) mass is 281 g/mol. The van der Waals surface area contributed by atoms with Crippen molar-refractivity contribution in [3.8, 4) is 0 Å². The van der Waals surface area contributed by atoms with Crippen LogP contribution in [0.15, 0.2) is 0 Å². The number of rotatable bonds is 9. The topological polar surface area (TPSA) is 84.7 Å². The van der Waals surface area contributed by atoms with Gasteiger partial charge in [-0.3, -0.25) is 0 Å². The van der Waals surface area contributed by atoms with E-state index in [0.29, 0.717) is 24.6 Å². The van der Waals surface area contributed by atoms with Gasteiger partial charge in [0, 0.05) is 32.7 Å². The number of ether oxygens (including phenoxy) is 1. The highest BCUT2D eigenvalue weighted by atomic mass is 32.2. The van der Waals surface area contributed by atoms with Crippen molar-refractivity contribution in [3.63, 3.8) is 0 Å². The van der Waals surface area contributed by atoms with Gasteiger partial charge in [0.15, 0.2) is 0 Å². The smallest absolute Gasteiger partial charge is 0.279 e. The Balaban J connectivity index is 2.52. The minimum absolute atomic E-state index is 0.101. The summed E-state index contributed by atoms with van der Waals surface area (Å²) in [4.78, 5) is 0.336. The van der Waals surface area contributed by atoms with Crippen molar-refractivity contribution in [2.45, 2.75) is 25.3 Å². The number of thiocarbonyl (C=S) groups is 1. The maximum Gasteiger partial charge on any atom is 0.279 e. The van der Waals surface area contributed by atoms with Crippen LogP contribution in [0.25, 0.3) is 0 Å². The Hall–Kier alpha value is -0.280. The van der Waals surface area contributed by atoms with Crippen LogP contribution in [0.5, 0.6) is 0 Å². The molecule has 0 aliphatic heterocycles. The molecule has 0 aromatic heterocycles. The zero-order chi connectivity index (χ0) is 12.9. The molecule has 17 heavy (non-hydrogen) atoms. The minimum atomic E-state index is -3.44. The summed E-state index contributed by atoms with van der Waals surface area (Å²) in [5.74, 6) is 0. The van der Waals surface area contributed by atoms with Crippen molar-refractivity contribution < 1.29 is 13.2 Å². The maximum absolute atomic E-state index is 12.0. The Morgan fingerprint density at radius 3 is 2.71 bits per heavy atom. The van der Waals surface area contributed by atoms with E-state index in [0.717, 1.165) is 12.8 Å². The highest BCUT2D eigenvalue weighted by Gasteiger charge is 2.36. The van der Waals surface area contributed by atoms with Crippen LogP contribution < -0.4 is 10.5 Å². The second-order valence-electron chi connectivity index (χ2n) is 3.95. The van der Waals surface area contributed by atoms with E-state index < -0.39 is 10.2 Å². The lowest BCUT2D eigenvalue weighted by molar-refractivity contribution is 0.203. The molecule has 8 heteroatoms. The van der Waals surface area contributed by atoms with E-state index in [2.05, 4.69) is 4.72 Å². The average molecular weight is 281 g/mol. The zero-order valence-corrected chi connectivity index (χ0v) is 11.5. The molecule has 0 unspecified atom stereocenters. The Morgan fingerprint density at radius 1 is 1.59 bits per heavy atom. The molecular formula is C9H19N3O3S2. The average Bonchev–Trinajstić information content (AvgIpc) is 3.01. The predicted molar refractivity (Wildman–Crippen MR) is 69.9 cm³/mol. The molecular weight excluding hydrogens is 262 g/mol. The van der Waals surface area contributed by atoms with E-state index in [4.69, 9.17) is 22.7 Å². The minimum Gasteiger partial charge on any atom is -0.393 e. The summed E-state index contributed by atoms with van der Waals surface area (Å²) >= 11 is 4.77. The van der Waals surface area contributed by atoms with Gasteiger partial charge in [0.25, 0.3) is 10.2 Å². The van der Waals surface area contributed by atoms with Crippen LogP contribution >= 0.6 is 12.2 Å².